The van der Waals surface area contributed by atoms with E-state index in [1.807, 2.05) is 43.3 Å². The Kier molecular flexibility index (Phi) is 5.62. The van der Waals surface area contributed by atoms with Crippen molar-refractivity contribution in [2.45, 2.75) is 6.92 Å². The number of ether oxygens (including phenoxy) is 2. The van der Waals surface area contributed by atoms with E-state index in [4.69, 9.17) is 21.1 Å². The Morgan fingerprint density at radius 2 is 1.85 bits per heavy atom. The number of carbonyl (C=O) groups is 1. The molecule has 0 radical (unpaired) electrons. The molecule has 138 valence electrons. The predicted octanol–water partition coefficient (Wildman–Crippen LogP) is 4.58. The lowest BCUT2D eigenvalue weighted by atomic mass is 9.99. The highest BCUT2D eigenvalue weighted by Gasteiger charge is 2.14. The molecule has 0 saturated heterocycles. The van der Waals surface area contributed by atoms with Gasteiger partial charge >= 0.3 is 0 Å². The van der Waals surface area contributed by atoms with Crippen LogP contribution in [0.1, 0.15) is 21.5 Å². The Morgan fingerprint density at radius 1 is 1.07 bits per heavy atom. The Morgan fingerprint density at radius 3 is 2.59 bits per heavy atom. The van der Waals surface area contributed by atoms with Crippen LogP contribution in [0, 0.1) is 6.92 Å². The first-order chi connectivity index (χ1) is 13.1. The molecule has 27 heavy (non-hydrogen) atoms. The highest BCUT2D eigenvalue weighted by atomic mass is 35.5. The molecule has 0 aliphatic rings. The number of hydrogen-bond acceptors (Lipinski definition) is 4. The minimum Gasteiger partial charge on any atom is -0.493 e. The van der Waals surface area contributed by atoms with E-state index in [9.17, 15) is 4.79 Å². The highest BCUT2D eigenvalue weighted by molar-refractivity contribution is 6.34. The number of amides is 1. The smallest absolute Gasteiger partial charge is 0.272 e. The molecular formula is C21H19ClN2O3. The molecular weight excluding hydrogens is 364 g/mol. The fourth-order valence-electron chi connectivity index (χ4n) is 2.90. The van der Waals surface area contributed by atoms with E-state index >= 15 is 0 Å². The summed E-state index contributed by atoms with van der Waals surface area (Å²) < 4.78 is 10.5. The largest absolute Gasteiger partial charge is 0.493 e. The maximum Gasteiger partial charge on any atom is 0.272 e. The Bertz CT molecular complexity index is 1030. The number of methoxy groups -OCH3 is 2. The summed E-state index contributed by atoms with van der Waals surface area (Å²) in [5, 5.41) is 6.29. The molecule has 0 aliphatic heterocycles. The summed E-state index contributed by atoms with van der Waals surface area (Å²) in [5.74, 6) is 0.659. The van der Waals surface area contributed by atoms with Gasteiger partial charge in [-0.2, -0.15) is 5.10 Å². The van der Waals surface area contributed by atoms with E-state index in [1.54, 1.807) is 12.1 Å². The van der Waals surface area contributed by atoms with Gasteiger partial charge in [0.15, 0.2) is 11.5 Å². The van der Waals surface area contributed by atoms with Gasteiger partial charge in [0.1, 0.15) is 0 Å². The molecule has 0 fully saturated rings. The summed E-state index contributed by atoms with van der Waals surface area (Å²) in [6.07, 6.45) is 1.47. The van der Waals surface area contributed by atoms with E-state index < -0.39 is 0 Å². The third-order valence-electron chi connectivity index (χ3n) is 4.25. The van der Waals surface area contributed by atoms with Gasteiger partial charge in [0, 0.05) is 5.56 Å². The van der Waals surface area contributed by atoms with Crippen LogP contribution in [0.3, 0.4) is 0 Å². The Hall–Kier alpha value is -3.05. The average Bonchev–Trinajstić information content (AvgIpc) is 2.68. The number of aryl methyl sites for hydroxylation is 1. The van der Waals surface area contributed by atoms with Gasteiger partial charge in [0.05, 0.1) is 31.0 Å². The van der Waals surface area contributed by atoms with Gasteiger partial charge in [-0.3, -0.25) is 4.79 Å². The molecule has 0 unspecified atom stereocenters. The van der Waals surface area contributed by atoms with E-state index in [2.05, 4.69) is 10.5 Å². The standard InChI is InChI=1S/C21H19ClN2O3/c1-13-8-9-14-6-4-5-7-16(14)18(13)21(25)24-23-12-15-10-11-17(26-2)20(27-3)19(15)22/h4-12H,1-3H3,(H,24,25)/b23-12-. The van der Waals surface area contributed by atoms with Crippen LogP contribution in [-0.4, -0.2) is 26.3 Å². The van der Waals surface area contributed by atoms with Crippen molar-refractivity contribution in [2.24, 2.45) is 5.10 Å². The van der Waals surface area contributed by atoms with Gasteiger partial charge in [-0.05, 0) is 35.4 Å². The number of nitrogens with one attached hydrogen (secondary N) is 1. The first kappa shape index (κ1) is 18.7. The fourth-order valence-corrected chi connectivity index (χ4v) is 3.18. The van der Waals surface area contributed by atoms with Gasteiger partial charge in [-0.25, -0.2) is 5.43 Å². The van der Waals surface area contributed by atoms with Crippen LogP contribution in [0.2, 0.25) is 5.02 Å². The van der Waals surface area contributed by atoms with Crippen molar-refractivity contribution in [1.82, 2.24) is 5.43 Å². The highest BCUT2D eigenvalue weighted by Crippen LogP contribution is 2.36. The minimum atomic E-state index is -0.280. The lowest BCUT2D eigenvalue weighted by Gasteiger charge is -2.11. The van der Waals surface area contributed by atoms with Crippen molar-refractivity contribution >= 4 is 34.5 Å². The molecule has 0 spiro atoms. The second-order valence-corrected chi connectivity index (χ2v) is 6.26. The summed E-state index contributed by atoms with van der Waals surface area (Å²) >= 11 is 6.32. The number of nitrogens with zero attached hydrogens (tertiary/aromatic N) is 1. The van der Waals surface area contributed by atoms with Crippen molar-refractivity contribution < 1.29 is 14.3 Å². The molecule has 1 amide bonds. The number of fused-ring (bicyclic) bond motifs is 1. The molecule has 0 aromatic heterocycles. The van der Waals surface area contributed by atoms with Crippen molar-refractivity contribution in [3.8, 4) is 11.5 Å². The number of halogens is 1. The summed E-state index contributed by atoms with van der Waals surface area (Å²) in [6.45, 7) is 1.90. The molecule has 0 saturated carbocycles. The Balaban J connectivity index is 1.86. The lowest BCUT2D eigenvalue weighted by Crippen LogP contribution is -2.19. The van der Waals surface area contributed by atoms with Crippen LogP contribution in [0.25, 0.3) is 10.8 Å². The topological polar surface area (TPSA) is 59.9 Å². The summed E-state index contributed by atoms with van der Waals surface area (Å²) in [6, 6.07) is 15.1. The number of hydrogen-bond donors (Lipinski definition) is 1. The molecule has 0 bridgehead atoms. The number of hydrazone groups is 1. The molecule has 0 atom stereocenters. The van der Waals surface area contributed by atoms with Crippen LogP contribution >= 0.6 is 11.6 Å². The summed E-state index contributed by atoms with van der Waals surface area (Å²) in [5.41, 5.74) is 4.66. The number of rotatable bonds is 5. The maximum absolute atomic E-state index is 12.7. The monoisotopic (exact) mass is 382 g/mol. The van der Waals surface area contributed by atoms with Crippen molar-refractivity contribution in [3.05, 3.63) is 70.2 Å². The van der Waals surface area contributed by atoms with Gasteiger partial charge in [-0.1, -0.05) is 48.0 Å². The second kappa shape index (κ2) is 8.10. The van der Waals surface area contributed by atoms with E-state index in [1.165, 1.54) is 20.4 Å². The van der Waals surface area contributed by atoms with E-state index in [-0.39, 0.29) is 5.91 Å². The third-order valence-corrected chi connectivity index (χ3v) is 4.64. The fraction of sp³-hybridized carbons (Fsp3) is 0.143. The molecule has 3 rings (SSSR count). The van der Waals surface area contributed by atoms with Crippen LogP contribution in [0.15, 0.2) is 53.6 Å². The maximum atomic E-state index is 12.7. The first-order valence-electron chi connectivity index (χ1n) is 8.29. The number of carbonyl (C=O) groups excluding carboxylic acids is 1. The Labute approximate surface area is 162 Å². The number of benzene rings is 3. The molecule has 6 heteroatoms. The molecule has 0 aliphatic carbocycles. The summed E-state index contributed by atoms with van der Waals surface area (Å²) in [7, 11) is 3.05. The molecule has 3 aromatic carbocycles. The normalized spacial score (nSPS) is 11.0. The molecule has 3 aromatic rings. The van der Waals surface area contributed by atoms with Crippen molar-refractivity contribution in [2.75, 3.05) is 14.2 Å². The third kappa shape index (κ3) is 3.73. The minimum absolute atomic E-state index is 0.280. The van der Waals surface area contributed by atoms with E-state index in [0.29, 0.717) is 27.6 Å². The lowest BCUT2D eigenvalue weighted by molar-refractivity contribution is 0.0956. The average molecular weight is 383 g/mol. The zero-order valence-corrected chi connectivity index (χ0v) is 16.0. The van der Waals surface area contributed by atoms with Crippen molar-refractivity contribution in [3.63, 3.8) is 0 Å². The predicted molar refractivity (Wildman–Crippen MR) is 108 cm³/mol. The van der Waals surface area contributed by atoms with Gasteiger partial charge in [0.2, 0.25) is 0 Å². The molecule has 5 nitrogen and oxygen atoms in total. The SMILES string of the molecule is COc1ccc(/C=N\NC(=O)c2c(C)ccc3ccccc23)c(Cl)c1OC. The molecule has 0 heterocycles. The van der Waals surface area contributed by atoms with Crippen LogP contribution < -0.4 is 14.9 Å². The van der Waals surface area contributed by atoms with Crippen LogP contribution in [0.5, 0.6) is 11.5 Å². The van der Waals surface area contributed by atoms with Gasteiger partial charge in [0.25, 0.3) is 5.91 Å². The quantitative estimate of drug-likeness (QED) is 0.519. The molecule has 1 N–H and O–H groups in total. The van der Waals surface area contributed by atoms with Gasteiger partial charge in [-0.15, -0.1) is 0 Å². The zero-order chi connectivity index (χ0) is 19.4. The van der Waals surface area contributed by atoms with E-state index in [0.717, 1.165) is 16.3 Å². The zero-order valence-electron chi connectivity index (χ0n) is 15.2. The van der Waals surface area contributed by atoms with Crippen molar-refractivity contribution in [1.29, 1.82) is 0 Å². The second-order valence-electron chi connectivity index (χ2n) is 5.88. The van der Waals surface area contributed by atoms with Crippen LogP contribution in [0.4, 0.5) is 0 Å². The van der Waals surface area contributed by atoms with Gasteiger partial charge < -0.3 is 9.47 Å². The summed E-state index contributed by atoms with van der Waals surface area (Å²) in [4.78, 5) is 12.7. The van der Waals surface area contributed by atoms with Crippen LogP contribution in [-0.2, 0) is 0 Å². The first-order valence-corrected chi connectivity index (χ1v) is 8.67.